The fraction of sp³-hybridized carbons (Fsp3) is 0.381. The van der Waals surface area contributed by atoms with Crippen LogP contribution in [0.5, 0.6) is 11.5 Å². The molecular formula is C21H26N4O4. The molecule has 1 aromatic carbocycles. The molecule has 1 aliphatic rings. The third-order valence-electron chi connectivity index (χ3n) is 4.61. The molecule has 2 aromatic rings. The molecule has 3 N–H and O–H groups in total. The van der Waals surface area contributed by atoms with Crippen LogP contribution in [0.4, 0.5) is 11.5 Å². The van der Waals surface area contributed by atoms with Crippen molar-refractivity contribution >= 4 is 23.3 Å². The highest BCUT2D eigenvalue weighted by Crippen LogP contribution is 2.29. The number of nitrogens with two attached hydrogens (primary N) is 1. The van der Waals surface area contributed by atoms with Crippen LogP contribution < -0.4 is 20.5 Å². The lowest BCUT2D eigenvalue weighted by atomic mass is 10.1. The van der Waals surface area contributed by atoms with E-state index in [2.05, 4.69) is 10.3 Å². The normalized spacial score (nSPS) is 13.6. The summed E-state index contributed by atoms with van der Waals surface area (Å²) in [5.74, 6) is 0.880. The summed E-state index contributed by atoms with van der Waals surface area (Å²) < 4.78 is 11.3. The molecule has 2 amide bonds. The largest absolute Gasteiger partial charge is 0.490 e. The fourth-order valence-corrected chi connectivity index (χ4v) is 3.09. The highest BCUT2D eigenvalue weighted by molar-refractivity contribution is 6.04. The number of nitrogen functional groups attached to an aromatic ring is 1. The Balaban J connectivity index is 1.66. The molecule has 1 fully saturated rings. The second-order valence-electron chi connectivity index (χ2n) is 6.75. The van der Waals surface area contributed by atoms with Crippen molar-refractivity contribution in [2.75, 3.05) is 37.4 Å². The monoisotopic (exact) mass is 398 g/mol. The number of piperidine rings is 1. The molecule has 3 rings (SSSR count). The van der Waals surface area contributed by atoms with Gasteiger partial charge in [0.25, 0.3) is 11.8 Å². The predicted molar refractivity (Wildman–Crippen MR) is 110 cm³/mol. The van der Waals surface area contributed by atoms with Gasteiger partial charge in [-0.1, -0.05) is 0 Å². The quantitative estimate of drug-likeness (QED) is 0.743. The first-order chi connectivity index (χ1) is 14.1. The molecule has 0 radical (unpaired) electrons. The van der Waals surface area contributed by atoms with E-state index in [1.165, 1.54) is 6.20 Å². The number of hydrogen-bond donors (Lipinski definition) is 2. The Hall–Kier alpha value is -3.29. The average molecular weight is 398 g/mol. The van der Waals surface area contributed by atoms with Crippen LogP contribution in [0.15, 0.2) is 36.5 Å². The lowest BCUT2D eigenvalue weighted by Crippen LogP contribution is -2.38. The summed E-state index contributed by atoms with van der Waals surface area (Å²) in [4.78, 5) is 30.6. The third-order valence-corrected chi connectivity index (χ3v) is 4.61. The van der Waals surface area contributed by atoms with Crippen LogP contribution in [0.2, 0.25) is 0 Å². The van der Waals surface area contributed by atoms with Crippen LogP contribution in [0.25, 0.3) is 0 Å². The van der Waals surface area contributed by atoms with E-state index in [0.717, 1.165) is 32.4 Å². The van der Waals surface area contributed by atoms with Crippen LogP contribution in [0.3, 0.4) is 0 Å². The van der Waals surface area contributed by atoms with Gasteiger partial charge in [-0.25, -0.2) is 4.98 Å². The second-order valence-corrected chi connectivity index (χ2v) is 6.75. The number of nitrogens with one attached hydrogen (secondary N) is 1. The molecule has 0 spiro atoms. The third kappa shape index (κ3) is 5.60. The van der Waals surface area contributed by atoms with Gasteiger partial charge in [0.1, 0.15) is 5.82 Å². The molecule has 154 valence electrons. The van der Waals surface area contributed by atoms with Crippen molar-refractivity contribution in [2.24, 2.45) is 0 Å². The van der Waals surface area contributed by atoms with Crippen molar-refractivity contribution in [3.8, 4) is 11.5 Å². The first kappa shape index (κ1) is 20.4. The first-order valence-corrected chi connectivity index (χ1v) is 9.77. The summed E-state index contributed by atoms with van der Waals surface area (Å²) in [5, 5.41) is 2.75. The van der Waals surface area contributed by atoms with Gasteiger partial charge in [-0.3, -0.25) is 9.59 Å². The molecule has 1 aliphatic heterocycles. The van der Waals surface area contributed by atoms with E-state index in [1.807, 2.05) is 11.8 Å². The Morgan fingerprint density at radius 1 is 1.10 bits per heavy atom. The number of ether oxygens (including phenoxy) is 2. The van der Waals surface area contributed by atoms with Crippen LogP contribution in [-0.4, -0.2) is 48.0 Å². The van der Waals surface area contributed by atoms with E-state index in [0.29, 0.717) is 35.2 Å². The molecule has 29 heavy (non-hydrogen) atoms. The zero-order chi connectivity index (χ0) is 20.6. The number of benzene rings is 1. The Labute approximate surface area is 170 Å². The van der Waals surface area contributed by atoms with Crippen molar-refractivity contribution in [3.63, 3.8) is 0 Å². The topological polar surface area (TPSA) is 107 Å². The minimum Gasteiger partial charge on any atom is -0.490 e. The highest BCUT2D eigenvalue weighted by Gasteiger charge is 2.18. The standard InChI is InChI=1S/C21H26N4O4/c1-2-28-18-12-15(21(27)24-16-7-9-19(22)23-13-16)6-8-17(18)29-14-20(26)25-10-4-3-5-11-25/h6-9,12-13H,2-5,10-11,14H2,1H3,(H2,22,23)(H,24,27). The number of amides is 2. The van der Waals surface area contributed by atoms with E-state index in [1.54, 1.807) is 30.3 Å². The SMILES string of the molecule is CCOc1cc(C(=O)Nc2ccc(N)nc2)ccc1OCC(=O)N1CCCCC1. The summed E-state index contributed by atoms with van der Waals surface area (Å²) in [5.41, 5.74) is 6.49. The molecule has 1 aromatic heterocycles. The van der Waals surface area contributed by atoms with Crippen LogP contribution in [-0.2, 0) is 4.79 Å². The van der Waals surface area contributed by atoms with Gasteiger partial charge in [0, 0.05) is 18.7 Å². The number of hydrogen-bond acceptors (Lipinski definition) is 6. The number of rotatable bonds is 7. The molecule has 2 heterocycles. The summed E-state index contributed by atoms with van der Waals surface area (Å²) in [6.45, 7) is 3.75. The number of carbonyl (C=O) groups excluding carboxylic acids is 2. The molecule has 0 atom stereocenters. The Morgan fingerprint density at radius 2 is 1.90 bits per heavy atom. The maximum Gasteiger partial charge on any atom is 0.260 e. The molecule has 1 saturated heterocycles. The van der Waals surface area contributed by atoms with Gasteiger partial charge in [-0.2, -0.15) is 0 Å². The average Bonchev–Trinajstić information content (AvgIpc) is 2.75. The summed E-state index contributed by atoms with van der Waals surface area (Å²) in [6, 6.07) is 8.16. The van der Waals surface area contributed by atoms with E-state index in [9.17, 15) is 9.59 Å². The van der Waals surface area contributed by atoms with Crippen LogP contribution in [0, 0.1) is 0 Å². The Morgan fingerprint density at radius 3 is 2.59 bits per heavy atom. The van der Waals surface area contributed by atoms with Gasteiger partial charge in [0.2, 0.25) is 0 Å². The minimum absolute atomic E-state index is 0.0372. The summed E-state index contributed by atoms with van der Waals surface area (Å²) in [7, 11) is 0. The number of pyridine rings is 1. The lowest BCUT2D eigenvalue weighted by Gasteiger charge is -2.26. The summed E-state index contributed by atoms with van der Waals surface area (Å²) >= 11 is 0. The van der Waals surface area contributed by atoms with Gasteiger partial charge in [0.05, 0.1) is 18.5 Å². The van der Waals surface area contributed by atoms with Crippen molar-refractivity contribution in [1.82, 2.24) is 9.88 Å². The van der Waals surface area contributed by atoms with Crippen LogP contribution >= 0.6 is 0 Å². The Bertz CT molecular complexity index is 848. The minimum atomic E-state index is -0.312. The first-order valence-electron chi connectivity index (χ1n) is 9.77. The fourth-order valence-electron chi connectivity index (χ4n) is 3.09. The predicted octanol–water partition coefficient (Wildman–Crippen LogP) is 2.71. The van der Waals surface area contributed by atoms with Crippen molar-refractivity contribution in [3.05, 3.63) is 42.1 Å². The zero-order valence-corrected chi connectivity index (χ0v) is 16.5. The second kappa shape index (κ2) is 9.77. The Kier molecular flexibility index (Phi) is 6.89. The van der Waals surface area contributed by atoms with E-state index in [4.69, 9.17) is 15.2 Å². The number of aromatic nitrogens is 1. The highest BCUT2D eigenvalue weighted by atomic mass is 16.5. The molecule has 8 nitrogen and oxygen atoms in total. The van der Waals surface area contributed by atoms with Crippen molar-refractivity contribution < 1.29 is 19.1 Å². The van der Waals surface area contributed by atoms with Gasteiger partial charge in [-0.15, -0.1) is 0 Å². The summed E-state index contributed by atoms with van der Waals surface area (Å²) in [6.07, 6.45) is 4.71. The molecule has 8 heteroatoms. The van der Waals surface area contributed by atoms with Crippen LogP contribution in [0.1, 0.15) is 36.5 Å². The van der Waals surface area contributed by atoms with Gasteiger partial charge < -0.3 is 25.4 Å². The van der Waals surface area contributed by atoms with Gasteiger partial charge in [0.15, 0.2) is 18.1 Å². The smallest absolute Gasteiger partial charge is 0.260 e. The molecule has 0 bridgehead atoms. The maximum atomic E-state index is 12.5. The molecule has 0 aliphatic carbocycles. The molecule has 0 saturated carbocycles. The maximum absolute atomic E-state index is 12.5. The zero-order valence-electron chi connectivity index (χ0n) is 16.5. The number of carbonyl (C=O) groups is 2. The van der Waals surface area contributed by atoms with Gasteiger partial charge >= 0.3 is 0 Å². The molecule has 0 unspecified atom stereocenters. The number of anilines is 2. The lowest BCUT2D eigenvalue weighted by molar-refractivity contribution is -0.134. The van der Waals surface area contributed by atoms with E-state index >= 15 is 0 Å². The van der Waals surface area contributed by atoms with Crippen molar-refractivity contribution in [1.29, 1.82) is 0 Å². The number of likely N-dealkylation sites (tertiary alicyclic amines) is 1. The van der Waals surface area contributed by atoms with E-state index < -0.39 is 0 Å². The molecular weight excluding hydrogens is 372 g/mol. The van der Waals surface area contributed by atoms with E-state index in [-0.39, 0.29) is 18.4 Å². The van der Waals surface area contributed by atoms with Gasteiger partial charge in [-0.05, 0) is 56.5 Å². The van der Waals surface area contributed by atoms with Crippen molar-refractivity contribution in [2.45, 2.75) is 26.2 Å². The number of nitrogens with zero attached hydrogens (tertiary/aromatic N) is 2.